The van der Waals surface area contributed by atoms with Gasteiger partial charge in [-0.15, -0.1) is 0 Å². The van der Waals surface area contributed by atoms with Gasteiger partial charge in [-0.1, -0.05) is 48.5 Å². The Morgan fingerprint density at radius 1 is 1.35 bits per heavy atom. The van der Waals surface area contributed by atoms with E-state index >= 15 is 0 Å². The molecular weight excluding hydrogens is 234 g/mol. The summed E-state index contributed by atoms with van der Waals surface area (Å²) in [6.45, 7) is 4.80. The molecule has 92 valence electrons. The minimum Gasteiger partial charge on any atom is -0.351 e. The van der Waals surface area contributed by atoms with Gasteiger partial charge in [0.05, 0.1) is 13.1 Å². The van der Waals surface area contributed by atoms with Gasteiger partial charge in [0, 0.05) is 19.1 Å². The molecule has 0 aliphatic heterocycles. The van der Waals surface area contributed by atoms with Gasteiger partial charge in [0.1, 0.15) is 0 Å². The summed E-state index contributed by atoms with van der Waals surface area (Å²) in [6.07, 6.45) is 0. The predicted octanol–water partition coefficient (Wildman–Crippen LogP) is 2.45. The molecule has 0 atom stereocenters. The van der Waals surface area contributed by atoms with Gasteiger partial charge in [0.25, 0.3) is 0 Å². The van der Waals surface area contributed by atoms with Crippen LogP contribution in [0, 0.1) is 0 Å². The summed E-state index contributed by atoms with van der Waals surface area (Å²) in [6, 6.07) is 10.1. The number of aliphatic imine (C=N–C) groups is 1. The number of benzene rings is 1. The van der Waals surface area contributed by atoms with E-state index < -0.39 is 0 Å². The van der Waals surface area contributed by atoms with Crippen LogP contribution < -0.4 is 5.32 Å². The Morgan fingerprint density at radius 3 is 2.53 bits per heavy atom. The van der Waals surface area contributed by atoms with Crippen molar-refractivity contribution in [2.24, 2.45) is 4.99 Å². The molecule has 0 bridgehead atoms. The third-order valence-electron chi connectivity index (χ3n) is 2.12. The number of guanidine groups is 1. The average Bonchev–Trinajstić information content (AvgIpc) is 2.29. The van der Waals surface area contributed by atoms with Gasteiger partial charge in [0.15, 0.2) is 5.96 Å². The Labute approximate surface area is 108 Å². The van der Waals surface area contributed by atoms with E-state index in [0.29, 0.717) is 18.1 Å². The number of halogens is 1. The van der Waals surface area contributed by atoms with Crippen LogP contribution >= 0.6 is 11.6 Å². The lowest BCUT2D eigenvalue weighted by Gasteiger charge is -2.17. The molecule has 0 aromatic heterocycles. The summed E-state index contributed by atoms with van der Waals surface area (Å²) in [5.41, 5.74) is 1.18. The van der Waals surface area contributed by atoms with Crippen molar-refractivity contribution in [1.29, 1.82) is 0 Å². The number of nitrogens with zero attached hydrogens (tertiary/aromatic N) is 2. The van der Waals surface area contributed by atoms with Crippen LogP contribution in [0.3, 0.4) is 0 Å². The van der Waals surface area contributed by atoms with Crippen LogP contribution in [0.25, 0.3) is 0 Å². The summed E-state index contributed by atoms with van der Waals surface area (Å²) < 4.78 is 0. The largest absolute Gasteiger partial charge is 0.351 e. The molecule has 0 radical (unpaired) electrons. The number of hydrogen-bond donors (Lipinski definition) is 1. The maximum atomic E-state index is 5.71. The molecule has 1 rings (SSSR count). The highest BCUT2D eigenvalue weighted by atomic mass is 35.5. The Morgan fingerprint density at radius 2 is 2.00 bits per heavy atom. The van der Waals surface area contributed by atoms with Gasteiger partial charge in [-0.2, -0.15) is 0 Å². The lowest BCUT2D eigenvalue weighted by atomic mass is 10.2. The van der Waals surface area contributed by atoms with E-state index in [-0.39, 0.29) is 0 Å². The third-order valence-corrected chi connectivity index (χ3v) is 2.25. The minimum absolute atomic E-state index is 0.521. The Balaban J connectivity index is 2.61. The van der Waals surface area contributed by atoms with Crippen molar-refractivity contribution < 1.29 is 0 Å². The molecule has 0 aliphatic rings. The lowest BCUT2D eigenvalue weighted by molar-refractivity contribution is 0.586. The second-order valence-electron chi connectivity index (χ2n) is 3.89. The fourth-order valence-electron chi connectivity index (χ4n) is 1.28. The number of rotatable bonds is 4. The van der Waals surface area contributed by atoms with Crippen LogP contribution in [0.4, 0.5) is 0 Å². The zero-order chi connectivity index (χ0) is 12.7. The van der Waals surface area contributed by atoms with Crippen molar-refractivity contribution in [3.63, 3.8) is 0 Å². The predicted molar refractivity (Wildman–Crippen MR) is 74.3 cm³/mol. The summed E-state index contributed by atoms with van der Waals surface area (Å²) in [7, 11) is 3.88. The van der Waals surface area contributed by atoms with Crippen molar-refractivity contribution in [2.45, 2.75) is 6.54 Å². The van der Waals surface area contributed by atoms with E-state index in [4.69, 9.17) is 11.6 Å². The van der Waals surface area contributed by atoms with Gasteiger partial charge in [0.2, 0.25) is 0 Å². The van der Waals surface area contributed by atoms with Crippen molar-refractivity contribution >= 4 is 17.6 Å². The van der Waals surface area contributed by atoms with Crippen molar-refractivity contribution in [1.82, 2.24) is 10.2 Å². The summed E-state index contributed by atoms with van der Waals surface area (Å²) in [4.78, 5) is 6.42. The molecule has 1 aromatic carbocycles. The van der Waals surface area contributed by atoms with E-state index in [2.05, 4.69) is 29.0 Å². The molecule has 17 heavy (non-hydrogen) atoms. The molecule has 0 aliphatic carbocycles. The van der Waals surface area contributed by atoms with Gasteiger partial charge in [-0.05, 0) is 5.56 Å². The first kappa shape index (κ1) is 13.6. The highest BCUT2D eigenvalue weighted by Gasteiger charge is 2.01. The molecule has 3 nitrogen and oxygen atoms in total. The fraction of sp³-hybridized carbons (Fsp3) is 0.308. The standard InChI is InChI=1S/C13H18ClN3/c1-11(14)9-15-13(17(2)3)16-10-12-7-5-4-6-8-12/h4-8H,1,9-10H2,2-3H3,(H,15,16). The van der Waals surface area contributed by atoms with E-state index in [1.165, 1.54) is 5.56 Å². The maximum Gasteiger partial charge on any atom is 0.194 e. The number of nitrogens with one attached hydrogen (secondary N) is 1. The third kappa shape index (κ3) is 5.41. The van der Waals surface area contributed by atoms with Crippen molar-refractivity contribution in [3.8, 4) is 0 Å². The first-order valence-corrected chi connectivity index (χ1v) is 5.80. The van der Waals surface area contributed by atoms with Crippen LogP contribution in [-0.2, 0) is 6.54 Å². The molecular formula is C13H18ClN3. The molecule has 0 unspecified atom stereocenters. The molecule has 4 heteroatoms. The first-order valence-electron chi connectivity index (χ1n) is 5.42. The summed E-state index contributed by atoms with van der Waals surface area (Å²) >= 11 is 5.71. The monoisotopic (exact) mass is 251 g/mol. The first-order chi connectivity index (χ1) is 8.09. The van der Waals surface area contributed by atoms with Gasteiger partial charge >= 0.3 is 0 Å². The zero-order valence-electron chi connectivity index (χ0n) is 10.3. The smallest absolute Gasteiger partial charge is 0.194 e. The maximum absolute atomic E-state index is 5.71. The van der Waals surface area contributed by atoms with Crippen LogP contribution in [-0.4, -0.2) is 31.5 Å². The van der Waals surface area contributed by atoms with Gasteiger partial charge in [-0.3, -0.25) is 0 Å². The Bertz CT molecular complexity index is 385. The normalized spacial score (nSPS) is 11.1. The molecule has 0 saturated carbocycles. The van der Waals surface area contributed by atoms with Crippen molar-refractivity contribution in [3.05, 3.63) is 47.5 Å². The molecule has 0 saturated heterocycles. The van der Waals surface area contributed by atoms with Crippen LogP contribution in [0.5, 0.6) is 0 Å². The molecule has 1 N–H and O–H groups in total. The Hall–Kier alpha value is -1.48. The molecule has 0 amide bonds. The lowest BCUT2D eigenvalue weighted by Crippen LogP contribution is -2.37. The molecule has 1 aromatic rings. The highest BCUT2D eigenvalue weighted by molar-refractivity contribution is 6.29. The quantitative estimate of drug-likeness (QED) is 0.658. The second-order valence-corrected chi connectivity index (χ2v) is 4.43. The highest BCUT2D eigenvalue weighted by Crippen LogP contribution is 2.01. The summed E-state index contributed by atoms with van der Waals surface area (Å²) in [5.74, 6) is 0.802. The second kappa shape index (κ2) is 6.97. The summed E-state index contributed by atoms with van der Waals surface area (Å²) in [5, 5.41) is 3.70. The van der Waals surface area contributed by atoms with E-state index in [9.17, 15) is 0 Å². The molecule has 0 spiro atoms. The zero-order valence-corrected chi connectivity index (χ0v) is 11.0. The van der Waals surface area contributed by atoms with Gasteiger partial charge in [-0.25, -0.2) is 4.99 Å². The average molecular weight is 252 g/mol. The van der Waals surface area contributed by atoms with E-state index in [0.717, 1.165) is 5.96 Å². The van der Waals surface area contributed by atoms with Crippen LogP contribution in [0.1, 0.15) is 5.56 Å². The number of hydrogen-bond acceptors (Lipinski definition) is 1. The molecule has 0 fully saturated rings. The minimum atomic E-state index is 0.521. The van der Waals surface area contributed by atoms with E-state index in [1.54, 1.807) is 0 Å². The van der Waals surface area contributed by atoms with Crippen LogP contribution in [0.15, 0.2) is 46.9 Å². The van der Waals surface area contributed by atoms with Crippen LogP contribution in [0.2, 0.25) is 0 Å². The molecule has 0 heterocycles. The SMILES string of the molecule is C=C(Cl)CNC(=NCc1ccccc1)N(C)C. The van der Waals surface area contributed by atoms with E-state index in [1.807, 2.05) is 37.2 Å². The fourth-order valence-corrected chi connectivity index (χ4v) is 1.35. The van der Waals surface area contributed by atoms with Gasteiger partial charge < -0.3 is 10.2 Å². The topological polar surface area (TPSA) is 27.6 Å². The Kier molecular flexibility index (Phi) is 5.57. The van der Waals surface area contributed by atoms with Crippen molar-refractivity contribution in [2.75, 3.05) is 20.6 Å².